The van der Waals surface area contributed by atoms with Gasteiger partial charge in [0.25, 0.3) is 0 Å². The highest BCUT2D eigenvalue weighted by Gasteiger charge is 2.11. The highest BCUT2D eigenvalue weighted by atomic mass is 79.9. The molecule has 0 bridgehead atoms. The molecule has 2 aromatic rings. The number of halogens is 3. The van der Waals surface area contributed by atoms with E-state index in [1.807, 2.05) is 6.07 Å². The number of carbonyl (C=O) groups is 1. The van der Waals surface area contributed by atoms with Crippen molar-refractivity contribution in [2.75, 3.05) is 0 Å². The third-order valence-electron chi connectivity index (χ3n) is 2.55. The molecule has 0 radical (unpaired) electrons. The van der Waals surface area contributed by atoms with E-state index < -0.39 is 5.82 Å². The van der Waals surface area contributed by atoms with Gasteiger partial charge in [0.15, 0.2) is 5.78 Å². The van der Waals surface area contributed by atoms with Crippen LogP contribution in [0.25, 0.3) is 0 Å². The molecule has 4 heteroatoms. The zero-order valence-corrected chi connectivity index (χ0v) is 11.6. The van der Waals surface area contributed by atoms with Crippen molar-refractivity contribution in [3.05, 3.63) is 68.9 Å². The first kappa shape index (κ1) is 13.2. The van der Waals surface area contributed by atoms with E-state index in [4.69, 9.17) is 11.6 Å². The fraction of sp³-hybridized carbons (Fsp3) is 0.0714. The smallest absolute Gasteiger partial charge is 0.167 e. The number of ketones is 1. The average molecular weight is 328 g/mol. The lowest BCUT2D eigenvalue weighted by Gasteiger charge is -2.04. The highest BCUT2D eigenvalue weighted by Crippen LogP contribution is 2.20. The summed E-state index contributed by atoms with van der Waals surface area (Å²) < 4.78 is 13.7. The van der Waals surface area contributed by atoms with E-state index in [0.29, 0.717) is 15.1 Å². The van der Waals surface area contributed by atoms with Crippen LogP contribution in [-0.2, 0) is 6.42 Å². The van der Waals surface area contributed by atoms with Crippen LogP contribution in [0.4, 0.5) is 4.39 Å². The summed E-state index contributed by atoms with van der Waals surface area (Å²) in [6.45, 7) is 0. The second-order valence-electron chi connectivity index (χ2n) is 3.82. The van der Waals surface area contributed by atoms with Crippen LogP contribution in [0, 0.1) is 5.82 Å². The third-order valence-corrected chi connectivity index (χ3v) is 3.56. The zero-order chi connectivity index (χ0) is 13.1. The minimum Gasteiger partial charge on any atom is -0.294 e. The summed E-state index contributed by atoms with van der Waals surface area (Å²) >= 11 is 9.03. The topological polar surface area (TPSA) is 17.1 Å². The van der Waals surface area contributed by atoms with Gasteiger partial charge in [-0.3, -0.25) is 4.79 Å². The normalized spacial score (nSPS) is 10.4. The Balaban J connectivity index is 2.22. The molecule has 0 amide bonds. The van der Waals surface area contributed by atoms with Crippen molar-refractivity contribution in [1.82, 2.24) is 0 Å². The van der Waals surface area contributed by atoms with Crippen molar-refractivity contribution in [2.24, 2.45) is 0 Å². The maximum absolute atomic E-state index is 13.3. The van der Waals surface area contributed by atoms with Crippen LogP contribution in [0.15, 0.2) is 46.9 Å². The van der Waals surface area contributed by atoms with Gasteiger partial charge < -0.3 is 0 Å². The van der Waals surface area contributed by atoms with Crippen molar-refractivity contribution >= 4 is 33.3 Å². The van der Waals surface area contributed by atoms with Gasteiger partial charge in [0.05, 0.1) is 4.47 Å². The first-order valence-electron chi connectivity index (χ1n) is 5.29. The van der Waals surface area contributed by atoms with Gasteiger partial charge in [-0.2, -0.15) is 0 Å². The summed E-state index contributed by atoms with van der Waals surface area (Å²) in [6.07, 6.45) is 0.167. The van der Waals surface area contributed by atoms with Gasteiger partial charge in [-0.25, -0.2) is 4.39 Å². The quantitative estimate of drug-likeness (QED) is 0.749. The van der Waals surface area contributed by atoms with Crippen LogP contribution in [0.3, 0.4) is 0 Å². The van der Waals surface area contributed by atoms with Crippen molar-refractivity contribution < 1.29 is 9.18 Å². The van der Waals surface area contributed by atoms with E-state index >= 15 is 0 Å². The SMILES string of the molecule is O=C(Cc1ccccc1Cl)c1ccc(Br)c(F)c1. The third kappa shape index (κ3) is 2.98. The molecule has 0 aliphatic carbocycles. The van der Waals surface area contributed by atoms with Gasteiger partial charge in [0.2, 0.25) is 0 Å². The van der Waals surface area contributed by atoms with Gasteiger partial charge in [-0.1, -0.05) is 35.9 Å². The largest absolute Gasteiger partial charge is 0.294 e. The molecule has 0 spiro atoms. The summed E-state index contributed by atoms with van der Waals surface area (Å²) in [7, 11) is 0. The molecule has 0 saturated carbocycles. The predicted octanol–water partition coefficient (Wildman–Crippen LogP) is 4.67. The van der Waals surface area contributed by atoms with Gasteiger partial charge in [0.1, 0.15) is 5.82 Å². The highest BCUT2D eigenvalue weighted by molar-refractivity contribution is 9.10. The van der Waals surface area contributed by atoms with Gasteiger partial charge in [0, 0.05) is 17.0 Å². The summed E-state index contributed by atoms with van der Waals surface area (Å²) in [5.74, 6) is -0.602. The van der Waals surface area contributed by atoms with Crippen molar-refractivity contribution in [3.63, 3.8) is 0 Å². The minimum atomic E-state index is -0.444. The first-order valence-corrected chi connectivity index (χ1v) is 6.46. The van der Waals surface area contributed by atoms with E-state index in [0.717, 1.165) is 5.56 Å². The molecule has 0 aliphatic rings. The van der Waals surface area contributed by atoms with Crippen LogP contribution in [0.1, 0.15) is 15.9 Å². The molecule has 0 aliphatic heterocycles. The van der Waals surface area contributed by atoms with Crippen LogP contribution in [0.2, 0.25) is 5.02 Å². The summed E-state index contributed by atoms with van der Waals surface area (Å²) in [6, 6.07) is 11.5. The van der Waals surface area contributed by atoms with E-state index in [-0.39, 0.29) is 12.2 Å². The summed E-state index contributed by atoms with van der Waals surface area (Å²) in [5, 5.41) is 0.545. The number of Topliss-reactive ketones (excluding diaryl/α,β-unsaturated/α-hetero) is 1. The molecule has 92 valence electrons. The molecular weight excluding hydrogens is 319 g/mol. The Labute approximate surface area is 118 Å². The molecular formula is C14H9BrClFO. The van der Waals surface area contributed by atoms with Crippen LogP contribution >= 0.6 is 27.5 Å². The predicted molar refractivity (Wildman–Crippen MR) is 73.6 cm³/mol. The molecule has 0 fully saturated rings. The number of rotatable bonds is 3. The molecule has 1 nitrogen and oxygen atoms in total. The molecule has 0 atom stereocenters. The lowest BCUT2D eigenvalue weighted by Crippen LogP contribution is -2.04. The monoisotopic (exact) mass is 326 g/mol. The maximum atomic E-state index is 13.3. The zero-order valence-electron chi connectivity index (χ0n) is 9.29. The number of hydrogen-bond acceptors (Lipinski definition) is 1. The molecule has 18 heavy (non-hydrogen) atoms. The van der Waals surface area contributed by atoms with Gasteiger partial charge >= 0.3 is 0 Å². The lowest BCUT2D eigenvalue weighted by atomic mass is 10.0. The van der Waals surface area contributed by atoms with Crippen molar-refractivity contribution in [2.45, 2.75) is 6.42 Å². The Kier molecular flexibility index (Phi) is 4.15. The standard InChI is InChI=1S/C14H9BrClFO/c15-11-6-5-10(7-13(11)17)14(18)8-9-3-1-2-4-12(9)16/h1-7H,8H2. The molecule has 2 aromatic carbocycles. The van der Waals surface area contributed by atoms with E-state index in [9.17, 15) is 9.18 Å². The molecule has 0 saturated heterocycles. The number of benzene rings is 2. The minimum absolute atomic E-state index is 0.158. The second-order valence-corrected chi connectivity index (χ2v) is 5.08. The van der Waals surface area contributed by atoms with E-state index in [2.05, 4.69) is 15.9 Å². The summed E-state index contributed by atoms with van der Waals surface area (Å²) in [5.41, 5.74) is 1.09. The molecule has 2 rings (SSSR count). The summed E-state index contributed by atoms with van der Waals surface area (Å²) in [4.78, 5) is 12.0. The Hall–Kier alpha value is -1.19. The van der Waals surface area contributed by atoms with Crippen LogP contribution < -0.4 is 0 Å². The first-order chi connectivity index (χ1) is 8.58. The maximum Gasteiger partial charge on any atom is 0.167 e. The fourth-order valence-electron chi connectivity index (χ4n) is 1.59. The van der Waals surface area contributed by atoms with Gasteiger partial charge in [-0.05, 0) is 39.7 Å². The van der Waals surface area contributed by atoms with Crippen LogP contribution in [-0.4, -0.2) is 5.78 Å². The molecule has 0 N–H and O–H groups in total. The molecule has 0 aromatic heterocycles. The molecule has 0 heterocycles. The van der Waals surface area contributed by atoms with Gasteiger partial charge in [-0.15, -0.1) is 0 Å². The van der Waals surface area contributed by atoms with Crippen molar-refractivity contribution in [3.8, 4) is 0 Å². The van der Waals surface area contributed by atoms with E-state index in [1.165, 1.54) is 12.1 Å². The lowest BCUT2D eigenvalue weighted by molar-refractivity contribution is 0.0992. The van der Waals surface area contributed by atoms with Crippen molar-refractivity contribution in [1.29, 1.82) is 0 Å². The number of hydrogen-bond donors (Lipinski definition) is 0. The number of carbonyl (C=O) groups excluding carboxylic acids is 1. The molecule has 0 unspecified atom stereocenters. The van der Waals surface area contributed by atoms with E-state index in [1.54, 1.807) is 24.3 Å². The van der Waals surface area contributed by atoms with Crippen LogP contribution in [0.5, 0.6) is 0 Å². The second kappa shape index (κ2) is 5.63. The fourth-order valence-corrected chi connectivity index (χ4v) is 2.04. The Bertz CT molecular complexity index is 598. The Morgan fingerprint density at radius 1 is 1.22 bits per heavy atom. The Morgan fingerprint density at radius 3 is 2.61 bits per heavy atom. The Morgan fingerprint density at radius 2 is 1.94 bits per heavy atom. The average Bonchev–Trinajstić information content (AvgIpc) is 2.35.